The van der Waals surface area contributed by atoms with Crippen LogP contribution in [-0.4, -0.2) is 14.2 Å². The normalized spacial score (nSPS) is 12.4. The Kier molecular flexibility index (Phi) is 5.42. The van der Waals surface area contributed by atoms with Crippen molar-refractivity contribution in [1.29, 1.82) is 0 Å². The van der Waals surface area contributed by atoms with E-state index < -0.39 is 0 Å². The van der Waals surface area contributed by atoms with Gasteiger partial charge in [-0.15, -0.1) is 0 Å². The maximum Gasteiger partial charge on any atom is 0.124 e. The monoisotopic (exact) mass is 289 g/mol. The third-order valence-electron chi connectivity index (χ3n) is 3.48. The van der Waals surface area contributed by atoms with E-state index in [4.69, 9.17) is 13.9 Å². The first-order chi connectivity index (χ1) is 10.1. The summed E-state index contributed by atoms with van der Waals surface area (Å²) in [6, 6.07) is 10.4. The molecule has 2 rings (SSSR count). The van der Waals surface area contributed by atoms with Crippen molar-refractivity contribution in [2.45, 2.75) is 33.0 Å². The minimum atomic E-state index is 0.219. The summed E-state index contributed by atoms with van der Waals surface area (Å²) in [7, 11) is 3.36. The van der Waals surface area contributed by atoms with Gasteiger partial charge in [-0.1, -0.05) is 6.07 Å². The van der Waals surface area contributed by atoms with Crippen LogP contribution in [-0.2, 0) is 17.9 Å². The number of hydrogen-bond donors (Lipinski definition) is 1. The fraction of sp³-hybridized carbons (Fsp3) is 0.412. The van der Waals surface area contributed by atoms with Crippen LogP contribution in [0.1, 0.15) is 35.6 Å². The number of nitrogens with one attached hydrogen (secondary N) is 1. The lowest BCUT2D eigenvalue weighted by Gasteiger charge is -2.16. The second-order valence-corrected chi connectivity index (χ2v) is 5.12. The standard InChI is InChI=1S/C17H23NO3/c1-12-5-7-16(21-12)10-18-13(2)14-6-8-17(20-4)15(9-14)11-19-3/h5-9,13,18H,10-11H2,1-4H3. The highest BCUT2D eigenvalue weighted by molar-refractivity contribution is 5.38. The van der Waals surface area contributed by atoms with Crippen LogP contribution in [0.25, 0.3) is 0 Å². The van der Waals surface area contributed by atoms with Gasteiger partial charge < -0.3 is 19.2 Å². The highest BCUT2D eigenvalue weighted by Crippen LogP contribution is 2.24. The third-order valence-corrected chi connectivity index (χ3v) is 3.48. The molecular formula is C17H23NO3. The molecule has 0 aliphatic carbocycles. The molecular weight excluding hydrogens is 266 g/mol. The van der Waals surface area contributed by atoms with Gasteiger partial charge in [-0.05, 0) is 43.7 Å². The van der Waals surface area contributed by atoms with E-state index in [1.807, 2.05) is 25.1 Å². The van der Waals surface area contributed by atoms with E-state index in [9.17, 15) is 0 Å². The SMILES string of the molecule is COCc1cc(C(C)NCc2ccc(C)o2)ccc1OC. The van der Waals surface area contributed by atoms with Crippen molar-refractivity contribution in [2.24, 2.45) is 0 Å². The van der Waals surface area contributed by atoms with Crippen LogP contribution in [0, 0.1) is 6.92 Å². The number of hydrogen-bond acceptors (Lipinski definition) is 4. The smallest absolute Gasteiger partial charge is 0.124 e. The predicted molar refractivity (Wildman–Crippen MR) is 82.4 cm³/mol. The Hall–Kier alpha value is -1.78. The quantitative estimate of drug-likeness (QED) is 0.846. The second kappa shape index (κ2) is 7.29. The molecule has 1 aromatic heterocycles. The lowest BCUT2D eigenvalue weighted by molar-refractivity contribution is 0.181. The first kappa shape index (κ1) is 15.6. The molecule has 4 heteroatoms. The average molecular weight is 289 g/mol. The largest absolute Gasteiger partial charge is 0.496 e. The maximum atomic E-state index is 5.57. The van der Waals surface area contributed by atoms with Crippen LogP contribution in [0.5, 0.6) is 5.75 Å². The van der Waals surface area contributed by atoms with Crippen molar-refractivity contribution < 1.29 is 13.9 Å². The molecule has 0 aliphatic heterocycles. The van der Waals surface area contributed by atoms with E-state index >= 15 is 0 Å². The molecule has 0 spiro atoms. The van der Waals surface area contributed by atoms with Crippen molar-refractivity contribution in [3.8, 4) is 5.75 Å². The van der Waals surface area contributed by atoms with Crippen molar-refractivity contribution in [3.63, 3.8) is 0 Å². The van der Waals surface area contributed by atoms with Gasteiger partial charge in [0.15, 0.2) is 0 Å². The molecule has 2 aromatic rings. The highest BCUT2D eigenvalue weighted by atomic mass is 16.5. The van der Waals surface area contributed by atoms with Crippen LogP contribution in [0.3, 0.4) is 0 Å². The van der Waals surface area contributed by atoms with Gasteiger partial charge >= 0.3 is 0 Å². The van der Waals surface area contributed by atoms with Gasteiger partial charge in [0.25, 0.3) is 0 Å². The molecule has 0 aliphatic rings. The molecule has 1 N–H and O–H groups in total. The molecule has 114 valence electrons. The van der Waals surface area contributed by atoms with Crippen LogP contribution < -0.4 is 10.1 Å². The lowest BCUT2D eigenvalue weighted by atomic mass is 10.0. The molecule has 1 atom stereocenters. The summed E-state index contributed by atoms with van der Waals surface area (Å²) < 4.78 is 16.1. The Morgan fingerprint density at radius 3 is 2.62 bits per heavy atom. The predicted octanol–water partition coefficient (Wildman–Crippen LogP) is 3.59. The third kappa shape index (κ3) is 4.09. The number of rotatable bonds is 7. The van der Waals surface area contributed by atoms with Gasteiger partial charge in [-0.25, -0.2) is 0 Å². The molecule has 0 amide bonds. The summed E-state index contributed by atoms with van der Waals surface area (Å²) in [6.07, 6.45) is 0. The summed E-state index contributed by atoms with van der Waals surface area (Å²) in [5.74, 6) is 2.74. The summed E-state index contributed by atoms with van der Waals surface area (Å²) in [5, 5.41) is 3.46. The summed E-state index contributed by atoms with van der Waals surface area (Å²) >= 11 is 0. The highest BCUT2D eigenvalue weighted by Gasteiger charge is 2.10. The van der Waals surface area contributed by atoms with Crippen LogP contribution in [0.15, 0.2) is 34.7 Å². The molecule has 1 aromatic carbocycles. The van der Waals surface area contributed by atoms with Crippen molar-refractivity contribution in [2.75, 3.05) is 14.2 Å². The maximum absolute atomic E-state index is 5.57. The fourth-order valence-electron chi connectivity index (χ4n) is 2.29. The molecule has 0 radical (unpaired) electrons. The zero-order chi connectivity index (χ0) is 15.2. The van der Waals surface area contributed by atoms with E-state index in [-0.39, 0.29) is 6.04 Å². The topological polar surface area (TPSA) is 43.6 Å². The number of aryl methyl sites for hydroxylation is 1. The Bertz CT molecular complexity index is 577. The van der Waals surface area contributed by atoms with E-state index in [2.05, 4.69) is 24.4 Å². The minimum Gasteiger partial charge on any atom is -0.496 e. The molecule has 1 unspecified atom stereocenters. The Balaban J connectivity index is 2.04. The molecule has 0 saturated heterocycles. The van der Waals surface area contributed by atoms with E-state index in [0.29, 0.717) is 13.2 Å². The molecule has 0 bridgehead atoms. The summed E-state index contributed by atoms with van der Waals surface area (Å²) in [6.45, 7) is 5.34. The molecule has 21 heavy (non-hydrogen) atoms. The van der Waals surface area contributed by atoms with Gasteiger partial charge in [0.1, 0.15) is 17.3 Å². The van der Waals surface area contributed by atoms with Gasteiger partial charge in [-0.2, -0.15) is 0 Å². The van der Waals surface area contributed by atoms with E-state index in [0.717, 1.165) is 22.8 Å². The van der Waals surface area contributed by atoms with Crippen LogP contribution >= 0.6 is 0 Å². The zero-order valence-electron chi connectivity index (χ0n) is 13.1. The number of furan rings is 1. The molecule has 0 fully saturated rings. The van der Waals surface area contributed by atoms with Gasteiger partial charge in [0.05, 0.1) is 20.3 Å². The van der Waals surface area contributed by atoms with Crippen LogP contribution in [0.2, 0.25) is 0 Å². The Morgan fingerprint density at radius 2 is 2.00 bits per heavy atom. The number of methoxy groups -OCH3 is 2. The minimum absolute atomic E-state index is 0.219. The van der Waals surface area contributed by atoms with Gasteiger partial charge in [-0.3, -0.25) is 0 Å². The molecule has 1 heterocycles. The lowest BCUT2D eigenvalue weighted by Crippen LogP contribution is -2.18. The van der Waals surface area contributed by atoms with Crippen molar-refractivity contribution in [3.05, 3.63) is 53.0 Å². The first-order valence-electron chi connectivity index (χ1n) is 7.08. The first-order valence-corrected chi connectivity index (χ1v) is 7.08. The average Bonchev–Trinajstić information content (AvgIpc) is 2.90. The summed E-state index contributed by atoms with van der Waals surface area (Å²) in [4.78, 5) is 0. The molecule has 0 saturated carbocycles. The van der Waals surface area contributed by atoms with Crippen LogP contribution in [0.4, 0.5) is 0 Å². The fourth-order valence-corrected chi connectivity index (χ4v) is 2.29. The van der Waals surface area contributed by atoms with Gasteiger partial charge in [0.2, 0.25) is 0 Å². The Labute approximate surface area is 126 Å². The van der Waals surface area contributed by atoms with Gasteiger partial charge in [0, 0.05) is 18.7 Å². The Morgan fingerprint density at radius 1 is 1.19 bits per heavy atom. The zero-order valence-corrected chi connectivity index (χ0v) is 13.1. The van der Waals surface area contributed by atoms with Crippen molar-refractivity contribution >= 4 is 0 Å². The van der Waals surface area contributed by atoms with E-state index in [1.54, 1.807) is 14.2 Å². The number of ether oxygens (including phenoxy) is 2. The summed E-state index contributed by atoms with van der Waals surface area (Å²) in [5.41, 5.74) is 2.26. The number of benzene rings is 1. The van der Waals surface area contributed by atoms with E-state index in [1.165, 1.54) is 5.56 Å². The van der Waals surface area contributed by atoms with Crippen molar-refractivity contribution in [1.82, 2.24) is 5.32 Å². The molecule has 4 nitrogen and oxygen atoms in total. The second-order valence-electron chi connectivity index (χ2n) is 5.12.